The summed E-state index contributed by atoms with van der Waals surface area (Å²) < 4.78 is 4.62. The highest BCUT2D eigenvalue weighted by atomic mass is 16.7. The fourth-order valence-corrected chi connectivity index (χ4v) is 1.19. The second kappa shape index (κ2) is 3.74. The van der Waals surface area contributed by atoms with Gasteiger partial charge in [0.1, 0.15) is 0 Å². The van der Waals surface area contributed by atoms with Gasteiger partial charge in [0.2, 0.25) is 0 Å². The van der Waals surface area contributed by atoms with Crippen LogP contribution in [0.5, 0.6) is 0 Å². The summed E-state index contributed by atoms with van der Waals surface area (Å²) in [4.78, 5) is 16.4. The molecule has 0 aromatic rings. The van der Waals surface area contributed by atoms with Crippen molar-refractivity contribution in [2.24, 2.45) is 5.16 Å². The second-order valence-corrected chi connectivity index (χ2v) is 2.85. The molecule has 0 aromatic heterocycles. The van der Waals surface area contributed by atoms with E-state index in [1.165, 1.54) is 7.11 Å². The Morgan fingerprint density at radius 1 is 1.85 bits per heavy atom. The van der Waals surface area contributed by atoms with Crippen LogP contribution in [0.4, 0.5) is 0 Å². The van der Waals surface area contributed by atoms with E-state index in [2.05, 4.69) is 15.2 Å². The zero-order valence-electron chi connectivity index (χ0n) is 8.09. The molecular weight excluding hydrogens is 172 g/mol. The Balaban J connectivity index is 2.72. The van der Waals surface area contributed by atoms with Crippen molar-refractivity contribution in [3.63, 3.8) is 0 Å². The minimum Gasteiger partial charge on any atom is -0.465 e. The molecule has 1 heterocycles. The van der Waals surface area contributed by atoms with Crippen molar-refractivity contribution in [1.29, 1.82) is 0 Å². The topological polar surface area (TPSA) is 59.9 Å². The van der Waals surface area contributed by atoms with Gasteiger partial charge >= 0.3 is 5.97 Å². The molecule has 0 amide bonds. The van der Waals surface area contributed by atoms with Gasteiger partial charge in [-0.3, -0.25) is 5.32 Å². The minimum absolute atomic E-state index is 0.442. The number of rotatable bonds is 3. The zero-order valence-corrected chi connectivity index (χ0v) is 8.09. The maximum atomic E-state index is 11.3. The third kappa shape index (κ3) is 1.65. The van der Waals surface area contributed by atoms with Crippen molar-refractivity contribution in [3.05, 3.63) is 0 Å². The predicted molar refractivity (Wildman–Crippen MR) is 47.2 cm³/mol. The largest absolute Gasteiger partial charge is 0.465 e. The predicted octanol–water partition coefficient (Wildman–Crippen LogP) is 0.261. The molecule has 0 saturated carbocycles. The first-order chi connectivity index (χ1) is 6.18. The highest BCUT2D eigenvalue weighted by Crippen LogP contribution is 2.23. The Hall–Kier alpha value is -1.10. The number of esters is 1. The Kier molecular flexibility index (Phi) is 2.87. The number of methoxy groups -OCH3 is 1. The van der Waals surface area contributed by atoms with E-state index in [4.69, 9.17) is 4.84 Å². The molecule has 1 N–H and O–H groups in total. The Morgan fingerprint density at radius 2 is 2.54 bits per heavy atom. The standard InChI is InChI=1S/C8H14N2O3/c1-4-6-5-8(9-2,13-10-6)7(11)12-3/h9H,4-5H2,1-3H3. The molecule has 0 saturated heterocycles. The van der Waals surface area contributed by atoms with Crippen LogP contribution in [0, 0.1) is 0 Å². The van der Waals surface area contributed by atoms with Crippen LogP contribution in [-0.4, -0.2) is 31.6 Å². The van der Waals surface area contributed by atoms with Gasteiger partial charge in [-0.15, -0.1) is 0 Å². The molecule has 0 spiro atoms. The van der Waals surface area contributed by atoms with E-state index in [1.54, 1.807) is 7.05 Å². The minimum atomic E-state index is -1.10. The number of carbonyl (C=O) groups excluding carboxylic acids is 1. The van der Waals surface area contributed by atoms with Crippen LogP contribution < -0.4 is 5.32 Å². The number of ether oxygens (including phenoxy) is 1. The molecule has 0 aromatic carbocycles. The molecule has 5 heteroatoms. The number of carbonyl (C=O) groups is 1. The number of hydrogen-bond donors (Lipinski definition) is 1. The summed E-state index contributed by atoms with van der Waals surface area (Å²) in [6.07, 6.45) is 1.23. The summed E-state index contributed by atoms with van der Waals surface area (Å²) >= 11 is 0. The molecule has 1 rings (SSSR count). The van der Waals surface area contributed by atoms with E-state index in [0.717, 1.165) is 12.1 Å². The molecule has 1 aliphatic rings. The van der Waals surface area contributed by atoms with Crippen LogP contribution in [0.1, 0.15) is 19.8 Å². The lowest BCUT2D eigenvalue weighted by Crippen LogP contribution is -2.51. The van der Waals surface area contributed by atoms with Crippen molar-refractivity contribution in [2.75, 3.05) is 14.2 Å². The van der Waals surface area contributed by atoms with Gasteiger partial charge in [0.25, 0.3) is 5.72 Å². The van der Waals surface area contributed by atoms with Crippen LogP contribution in [-0.2, 0) is 14.4 Å². The lowest BCUT2D eigenvalue weighted by Gasteiger charge is -2.22. The number of likely N-dealkylation sites (N-methyl/N-ethyl adjacent to an activating group) is 1. The Morgan fingerprint density at radius 3 is 2.92 bits per heavy atom. The summed E-state index contributed by atoms with van der Waals surface area (Å²) in [6, 6.07) is 0. The molecular formula is C8H14N2O3. The first kappa shape index (κ1) is 9.98. The normalized spacial score (nSPS) is 26.5. The smallest absolute Gasteiger partial charge is 0.369 e. The molecule has 1 atom stereocenters. The fraction of sp³-hybridized carbons (Fsp3) is 0.750. The SMILES string of the molecule is CCC1=NOC(NC)(C(=O)OC)C1. The quantitative estimate of drug-likeness (QED) is 0.642. The van der Waals surface area contributed by atoms with Gasteiger partial charge in [-0.25, -0.2) is 4.79 Å². The first-order valence-corrected chi connectivity index (χ1v) is 4.19. The van der Waals surface area contributed by atoms with Crippen molar-refractivity contribution < 1.29 is 14.4 Å². The maximum absolute atomic E-state index is 11.3. The number of nitrogens with one attached hydrogen (secondary N) is 1. The fourth-order valence-electron chi connectivity index (χ4n) is 1.19. The Labute approximate surface area is 77.1 Å². The summed E-state index contributed by atoms with van der Waals surface area (Å²) in [6.45, 7) is 1.96. The molecule has 1 unspecified atom stereocenters. The molecule has 1 aliphatic heterocycles. The third-order valence-electron chi connectivity index (χ3n) is 2.11. The average Bonchev–Trinajstić information content (AvgIpc) is 2.61. The van der Waals surface area contributed by atoms with E-state index in [0.29, 0.717) is 6.42 Å². The van der Waals surface area contributed by atoms with Crippen LogP contribution in [0.25, 0.3) is 0 Å². The van der Waals surface area contributed by atoms with Gasteiger partial charge in [-0.1, -0.05) is 12.1 Å². The van der Waals surface area contributed by atoms with Gasteiger partial charge in [0, 0.05) is 0 Å². The molecule has 5 nitrogen and oxygen atoms in total. The maximum Gasteiger partial charge on any atom is 0.369 e. The summed E-state index contributed by atoms with van der Waals surface area (Å²) in [5, 5.41) is 6.58. The monoisotopic (exact) mass is 186 g/mol. The van der Waals surface area contributed by atoms with E-state index in [-0.39, 0.29) is 0 Å². The summed E-state index contributed by atoms with van der Waals surface area (Å²) in [5.74, 6) is -0.442. The zero-order chi connectivity index (χ0) is 9.90. The van der Waals surface area contributed by atoms with Gasteiger partial charge in [-0.2, -0.15) is 0 Å². The molecule has 74 valence electrons. The van der Waals surface area contributed by atoms with E-state index >= 15 is 0 Å². The van der Waals surface area contributed by atoms with Gasteiger partial charge < -0.3 is 9.57 Å². The van der Waals surface area contributed by atoms with Crippen molar-refractivity contribution in [1.82, 2.24) is 5.32 Å². The highest BCUT2D eigenvalue weighted by Gasteiger charge is 2.46. The summed E-state index contributed by atoms with van der Waals surface area (Å²) in [5.41, 5.74) is -0.236. The van der Waals surface area contributed by atoms with Gasteiger partial charge in [0.15, 0.2) is 0 Å². The second-order valence-electron chi connectivity index (χ2n) is 2.85. The van der Waals surface area contributed by atoms with Crippen LogP contribution in [0.3, 0.4) is 0 Å². The third-order valence-corrected chi connectivity index (χ3v) is 2.11. The molecule has 0 radical (unpaired) electrons. The number of oxime groups is 1. The van der Waals surface area contributed by atoms with E-state index in [9.17, 15) is 4.79 Å². The van der Waals surface area contributed by atoms with Gasteiger partial charge in [-0.05, 0) is 13.5 Å². The highest BCUT2D eigenvalue weighted by molar-refractivity contribution is 5.93. The van der Waals surface area contributed by atoms with Gasteiger partial charge in [0.05, 0.1) is 19.2 Å². The summed E-state index contributed by atoms with van der Waals surface area (Å²) in [7, 11) is 2.97. The molecule has 0 bridgehead atoms. The van der Waals surface area contributed by atoms with Crippen LogP contribution >= 0.6 is 0 Å². The number of hydrogen-bond acceptors (Lipinski definition) is 5. The molecule has 0 aliphatic carbocycles. The lowest BCUT2D eigenvalue weighted by molar-refractivity contribution is -0.170. The lowest BCUT2D eigenvalue weighted by atomic mass is 10.1. The van der Waals surface area contributed by atoms with Crippen molar-refractivity contribution >= 4 is 11.7 Å². The Bertz CT molecular complexity index is 240. The van der Waals surface area contributed by atoms with E-state index < -0.39 is 11.7 Å². The first-order valence-electron chi connectivity index (χ1n) is 4.19. The molecule has 13 heavy (non-hydrogen) atoms. The van der Waals surface area contributed by atoms with E-state index in [1.807, 2.05) is 6.92 Å². The van der Waals surface area contributed by atoms with Crippen LogP contribution in [0.15, 0.2) is 5.16 Å². The van der Waals surface area contributed by atoms with Crippen LogP contribution in [0.2, 0.25) is 0 Å². The van der Waals surface area contributed by atoms with Crippen molar-refractivity contribution in [2.45, 2.75) is 25.5 Å². The molecule has 0 fully saturated rings. The average molecular weight is 186 g/mol. The van der Waals surface area contributed by atoms with Crippen molar-refractivity contribution in [3.8, 4) is 0 Å². The number of nitrogens with zero attached hydrogens (tertiary/aromatic N) is 1.